The van der Waals surface area contributed by atoms with Gasteiger partial charge in [0.1, 0.15) is 12.1 Å². The zero-order valence-electron chi connectivity index (χ0n) is 17.6. The minimum Gasteiger partial charge on any atom is -0.374 e. The Balaban J connectivity index is 1.82. The van der Waals surface area contributed by atoms with Gasteiger partial charge in [-0.25, -0.2) is 0 Å². The third kappa shape index (κ3) is 11.7. The van der Waals surface area contributed by atoms with Crippen LogP contribution in [0.15, 0.2) is 17.1 Å². The Morgan fingerprint density at radius 3 is 2.00 bits per heavy atom. The number of rotatable bonds is 17. The topological polar surface area (TPSA) is 35.8 Å². The molecule has 0 bridgehead atoms. The molecule has 0 aromatic rings. The molecule has 0 aromatic heterocycles. The summed E-state index contributed by atoms with van der Waals surface area (Å²) < 4.78 is 0. The van der Waals surface area contributed by atoms with E-state index in [1.807, 2.05) is 11.8 Å². The van der Waals surface area contributed by atoms with Crippen LogP contribution in [-0.4, -0.2) is 35.2 Å². The molecule has 0 spiro atoms. The summed E-state index contributed by atoms with van der Waals surface area (Å²) >= 11 is 0. The van der Waals surface area contributed by atoms with Crippen molar-refractivity contribution in [3.05, 3.63) is 12.2 Å². The van der Waals surface area contributed by atoms with Crippen LogP contribution in [0.4, 0.5) is 0 Å². The Kier molecular flexibility index (Phi) is 14.6. The number of hydrogen-bond acceptors (Lipinski definition) is 3. The van der Waals surface area contributed by atoms with Gasteiger partial charge in [0.05, 0.1) is 6.54 Å². The first-order chi connectivity index (χ1) is 12.8. The van der Waals surface area contributed by atoms with E-state index in [9.17, 15) is 5.11 Å². The van der Waals surface area contributed by atoms with Crippen LogP contribution >= 0.6 is 0 Å². The van der Waals surface area contributed by atoms with E-state index in [0.717, 1.165) is 25.3 Å². The predicted molar refractivity (Wildman–Crippen MR) is 115 cm³/mol. The van der Waals surface area contributed by atoms with Crippen LogP contribution in [0.1, 0.15) is 110 Å². The summed E-state index contributed by atoms with van der Waals surface area (Å²) in [6.45, 7) is 5.85. The van der Waals surface area contributed by atoms with E-state index in [1.165, 1.54) is 89.9 Å². The lowest BCUT2D eigenvalue weighted by molar-refractivity contribution is 0.0766. The van der Waals surface area contributed by atoms with Gasteiger partial charge in [-0.2, -0.15) is 0 Å². The molecule has 0 aromatic carbocycles. The van der Waals surface area contributed by atoms with Crippen LogP contribution < -0.4 is 0 Å². The van der Waals surface area contributed by atoms with Crippen molar-refractivity contribution in [2.75, 3.05) is 13.1 Å². The second-order valence-corrected chi connectivity index (χ2v) is 7.81. The van der Waals surface area contributed by atoms with E-state index < -0.39 is 0 Å². The molecule has 0 amide bonds. The number of aliphatic imine (C=N–C) groups is 1. The summed E-state index contributed by atoms with van der Waals surface area (Å²) in [5, 5.41) is 9.69. The van der Waals surface area contributed by atoms with Gasteiger partial charge in [-0.1, -0.05) is 76.9 Å². The fourth-order valence-electron chi connectivity index (χ4n) is 3.66. The molecule has 0 saturated carbocycles. The Hall–Kier alpha value is -0.830. The van der Waals surface area contributed by atoms with Crippen molar-refractivity contribution in [1.29, 1.82) is 0 Å². The molecule has 1 atom stereocenters. The Morgan fingerprint density at radius 1 is 0.885 bits per heavy atom. The smallest absolute Gasteiger partial charge is 0.125 e. The zero-order valence-corrected chi connectivity index (χ0v) is 17.6. The lowest BCUT2D eigenvalue weighted by atomic mass is 10.1. The monoisotopic (exact) mass is 364 g/mol. The Bertz CT molecular complexity index is 376. The maximum Gasteiger partial charge on any atom is 0.125 e. The molecular formula is C23H44N2O. The SMILES string of the molecule is CCCCCCCCCC/C=C/CCCCCCC1=NCCN1C(C)O. The molecule has 1 rings (SSSR count). The summed E-state index contributed by atoms with van der Waals surface area (Å²) in [6, 6.07) is 0. The van der Waals surface area contributed by atoms with Crippen LogP contribution in [0.3, 0.4) is 0 Å². The van der Waals surface area contributed by atoms with E-state index in [1.54, 1.807) is 0 Å². The van der Waals surface area contributed by atoms with Gasteiger partial charge in [0.25, 0.3) is 0 Å². The minimum absolute atomic E-state index is 0.387. The molecule has 26 heavy (non-hydrogen) atoms. The van der Waals surface area contributed by atoms with Crippen molar-refractivity contribution < 1.29 is 5.11 Å². The van der Waals surface area contributed by atoms with Gasteiger partial charge in [-0.05, 0) is 39.0 Å². The summed E-state index contributed by atoms with van der Waals surface area (Å²) in [5.74, 6) is 1.12. The molecule has 0 fully saturated rings. The summed E-state index contributed by atoms with van der Waals surface area (Å²) in [4.78, 5) is 6.55. The van der Waals surface area contributed by atoms with Crippen molar-refractivity contribution in [1.82, 2.24) is 4.90 Å². The van der Waals surface area contributed by atoms with Gasteiger partial charge >= 0.3 is 0 Å². The molecule has 1 aliphatic rings. The largest absolute Gasteiger partial charge is 0.374 e. The van der Waals surface area contributed by atoms with Crippen molar-refractivity contribution in [2.24, 2.45) is 4.99 Å². The van der Waals surface area contributed by atoms with E-state index in [2.05, 4.69) is 24.1 Å². The highest BCUT2D eigenvalue weighted by Crippen LogP contribution is 2.14. The standard InChI is InChI=1S/C23H44N2O/c1-3-4-5-6-7-8-9-10-11-12-13-14-15-16-17-18-19-23-24-20-21-25(23)22(2)26/h12-13,22,26H,3-11,14-21H2,1-2H3/b13-12+. The summed E-state index contributed by atoms with van der Waals surface area (Å²) in [7, 11) is 0. The molecule has 1 unspecified atom stereocenters. The van der Waals surface area contributed by atoms with Crippen LogP contribution in [0.25, 0.3) is 0 Å². The highest BCUT2D eigenvalue weighted by atomic mass is 16.3. The molecule has 1 heterocycles. The third-order valence-electron chi connectivity index (χ3n) is 5.33. The maximum absolute atomic E-state index is 9.69. The van der Waals surface area contributed by atoms with E-state index >= 15 is 0 Å². The average molecular weight is 365 g/mol. The highest BCUT2D eigenvalue weighted by Gasteiger charge is 2.19. The van der Waals surface area contributed by atoms with Gasteiger partial charge < -0.3 is 10.0 Å². The second-order valence-electron chi connectivity index (χ2n) is 7.81. The second kappa shape index (κ2) is 16.4. The number of aliphatic hydroxyl groups is 1. The maximum atomic E-state index is 9.69. The summed E-state index contributed by atoms with van der Waals surface area (Å²) in [6.07, 6.45) is 24.3. The molecule has 1 aliphatic heterocycles. The van der Waals surface area contributed by atoms with Gasteiger partial charge in [0.15, 0.2) is 0 Å². The predicted octanol–water partition coefficient (Wildman–Crippen LogP) is 6.47. The number of nitrogens with zero attached hydrogens (tertiary/aromatic N) is 2. The van der Waals surface area contributed by atoms with Crippen LogP contribution in [0.2, 0.25) is 0 Å². The lowest BCUT2D eigenvalue weighted by Gasteiger charge is -2.23. The van der Waals surface area contributed by atoms with Crippen molar-refractivity contribution in [2.45, 2.75) is 116 Å². The zero-order chi connectivity index (χ0) is 18.9. The van der Waals surface area contributed by atoms with Gasteiger partial charge in [0, 0.05) is 13.0 Å². The average Bonchev–Trinajstić information content (AvgIpc) is 3.10. The Morgan fingerprint density at radius 2 is 1.42 bits per heavy atom. The number of amidine groups is 1. The molecule has 3 heteroatoms. The van der Waals surface area contributed by atoms with Crippen molar-refractivity contribution in [3.8, 4) is 0 Å². The van der Waals surface area contributed by atoms with E-state index in [4.69, 9.17) is 0 Å². The van der Waals surface area contributed by atoms with Gasteiger partial charge in [0.2, 0.25) is 0 Å². The van der Waals surface area contributed by atoms with E-state index in [-0.39, 0.29) is 6.23 Å². The minimum atomic E-state index is -0.387. The molecule has 1 N–H and O–H groups in total. The number of allylic oxidation sites excluding steroid dienone is 2. The molecule has 3 nitrogen and oxygen atoms in total. The van der Waals surface area contributed by atoms with Crippen LogP contribution in [0.5, 0.6) is 0 Å². The molecule has 0 aliphatic carbocycles. The van der Waals surface area contributed by atoms with Crippen molar-refractivity contribution >= 4 is 5.84 Å². The number of hydrogen-bond donors (Lipinski definition) is 1. The molecular weight excluding hydrogens is 320 g/mol. The number of aliphatic hydroxyl groups excluding tert-OH is 1. The van der Waals surface area contributed by atoms with E-state index in [0.29, 0.717) is 0 Å². The van der Waals surface area contributed by atoms with Crippen molar-refractivity contribution in [3.63, 3.8) is 0 Å². The highest BCUT2D eigenvalue weighted by molar-refractivity contribution is 5.83. The molecule has 0 saturated heterocycles. The first-order valence-electron chi connectivity index (χ1n) is 11.4. The van der Waals surface area contributed by atoms with Gasteiger partial charge in [-0.3, -0.25) is 4.99 Å². The normalized spacial score (nSPS) is 15.8. The third-order valence-corrected chi connectivity index (χ3v) is 5.33. The summed E-state index contributed by atoms with van der Waals surface area (Å²) in [5.41, 5.74) is 0. The molecule has 0 radical (unpaired) electrons. The first kappa shape index (κ1) is 23.2. The number of unbranched alkanes of at least 4 members (excludes halogenated alkanes) is 12. The quantitative estimate of drug-likeness (QED) is 0.237. The Labute approximate surface area is 163 Å². The van der Waals surface area contributed by atoms with Gasteiger partial charge in [-0.15, -0.1) is 0 Å². The first-order valence-corrected chi connectivity index (χ1v) is 11.4. The molecule has 152 valence electrons. The van der Waals surface area contributed by atoms with Crippen LogP contribution in [0, 0.1) is 0 Å². The fraction of sp³-hybridized carbons (Fsp3) is 0.870. The lowest BCUT2D eigenvalue weighted by Crippen LogP contribution is -2.35. The fourth-order valence-corrected chi connectivity index (χ4v) is 3.66. The van der Waals surface area contributed by atoms with Crippen LogP contribution in [-0.2, 0) is 0 Å².